The maximum Gasteiger partial charge on any atom is 0.320 e. The summed E-state index contributed by atoms with van der Waals surface area (Å²) in [6, 6.07) is -0.000752. The van der Waals surface area contributed by atoms with Crippen LogP contribution >= 0.6 is 11.6 Å². The number of piperazine rings is 1. The Bertz CT molecular complexity index is 418. The predicted molar refractivity (Wildman–Crippen MR) is 85.2 cm³/mol. The van der Waals surface area contributed by atoms with Gasteiger partial charge >= 0.3 is 6.03 Å². The highest BCUT2D eigenvalue weighted by atomic mass is 35.5. The summed E-state index contributed by atoms with van der Waals surface area (Å²) in [5, 5.41) is 0. The number of carbonyl (C=O) groups excluding carboxylic acids is 1. The molecule has 0 spiro atoms. The second kappa shape index (κ2) is 8.80. The largest absolute Gasteiger partial charge is 0.325 e. The van der Waals surface area contributed by atoms with E-state index in [1.54, 1.807) is 9.80 Å². The summed E-state index contributed by atoms with van der Waals surface area (Å²) in [7, 11) is -3.21. The van der Waals surface area contributed by atoms with Gasteiger partial charge in [0.1, 0.15) is 0 Å². The van der Waals surface area contributed by atoms with Crippen LogP contribution in [-0.4, -0.2) is 79.5 Å². The van der Waals surface area contributed by atoms with E-state index < -0.39 is 10.0 Å². The number of nitrogens with zero attached hydrogens (tertiary/aromatic N) is 3. The molecule has 0 aromatic rings. The SMILES string of the molecule is CCN(CC)C(=O)N1CCN(S(=O)(=O)CCCCCl)CC1. The van der Waals surface area contributed by atoms with Crippen LogP contribution in [-0.2, 0) is 10.0 Å². The highest BCUT2D eigenvalue weighted by Crippen LogP contribution is 2.11. The van der Waals surface area contributed by atoms with Gasteiger partial charge in [-0.15, -0.1) is 11.6 Å². The minimum atomic E-state index is -3.21. The van der Waals surface area contributed by atoms with E-state index in [1.807, 2.05) is 13.8 Å². The fourth-order valence-electron chi connectivity index (χ4n) is 2.36. The van der Waals surface area contributed by atoms with Gasteiger partial charge in [0, 0.05) is 45.1 Å². The van der Waals surface area contributed by atoms with Crippen LogP contribution in [0.5, 0.6) is 0 Å². The Morgan fingerprint density at radius 3 is 2.14 bits per heavy atom. The standard InChI is InChI=1S/C13H26ClN3O3S/c1-3-15(4-2)13(18)16-8-10-17(11-9-16)21(19,20)12-6-5-7-14/h3-12H2,1-2H3. The van der Waals surface area contributed by atoms with Gasteiger partial charge in [-0.2, -0.15) is 4.31 Å². The molecule has 1 aliphatic heterocycles. The number of alkyl halides is 1. The number of urea groups is 1. The third kappa shape index (κ3) is 5.30. The summed E-state index contributed by atoms with van der Waals surface area (Å²) >= 11 is 5.57. The molecule has 2 amide bonds. The number of unbranched alkanes of at least 4 members (excludes halogenated alkanes) is 1. The average molecular weight is 340 g/mol. The van der Waals surface area contributed by atoms with Gasteiger partial charge in [-0.3, -0.25) is 0 Å². The first-order valence-corrected chi connectivity index (χ1v) is 9.68. The van der Waals surface area contributed by atoms with Crippen molar-refractivity contribution in [3.05, 3.63) is 0 Å². The maximum atomic E-state index is 12.2. The van der Waals surface area contributed by atoms with Crippen molar-refractivity contribution in [2.75, 3.05) is 50.9 Å². The highest BCUT2D eigenvalue weighted by molar-refractivity contribution is 7.89. The second-order valence-electron chi connectivity index (χ2n) is 5.05. The summed E-state index contributed by atoms with van der Waals surface area (Å²) in [5.74, 6) is 0.630. The molecule has 0 radical (unpaired) electrons. The molecule has 0 bridgehead atoms. The van der Waals surface area contributed by atoms with Gasteiger partial charge in [0.05, 0.1) is 5.75 Å². The molecule has 1 fully saturated rings. The molecule has 0 aliphatic carbocycles. The molecule has 1 saturated heterocycles. The van der Waals surface area contributed by atoms with E-state index >= 15 is 0 Å². The molecule has 1 rings (SSSR count). The van der Waals surface area contributed by atoms with E-state index in [2.05, 4.69) is 0 Å². The Balaban J connectivity index is 2.49. The molecule has 0 aromatic heterocycles. The number of carbonyl (C=O) groups is 1. The zero-order chi connectivity index (χ0) is 15.9. The van der Waals surface area contributed by atoms with Crippen LogP contribution in [0, 0.1) is 0 Å². The fourth-order valence-corrected chi connectivity index (χ4v) is 4.10. The van der Waals surface area contributed by atoms with E-state index in [1.165, 1.54) is 4.31 Å². The van der Waals surface area contributed by atoms with Gasteiger partial charge in [0.15, 0.2) is 0 Å². The average Bonchev–Trinajstić information content (AvgIpc) is 2.48. The second-order valence-corrected chi connectivity index (χ2v) is 7.52. The first kappa shape index (κ1) is 18.5. The van der Waals surface area contributed by atoms with E-state index in [-0.39, 0.29) is 11.8 Å². The molecule has 0 aromatic carbocycles. The van der Waals surface area contributed by atoms with Gasteiger partial charge in [0.2, 0.25) is 10.0 Å². The molecule has 21 heavy (non-hydrogen) atoms. The van der Waals surface area contributed by atoms with Crippen molar-refractivity contribution in [3.8, 4) is 0 Å². The summed E-state index contributed by atoms with van der Waals surface area (Å²) in [6.45, 7) is 6.93. The Labute approximate surface area is 133 Å². The Hall–Kier alpha value is -0.530. The van der Waals surface area contributed by atoms with E-state index in [0.717, 1.165) is 0 Å². The molecular weight excluding hydrogens is 314 g/mol. The summed E-state index contributed by atoms with van der Waals surface area (Å²) < 4.78 is 25.8. The lowest BCUT2D eigenvalue weighted by molar-refractivity contribution is 0.138. The number of amides is 2. The first-order chi connectivity index (χ1) is 9.96. The van der Waals surface area contributed by atoms with E-state index in [0.29, 0.717) is 58.0 Å². The Morgan fingerprint density at radius 1 is 1.10 bits per heavy atom. The third-order valence-corrected chi connectivity index (χ3v) is 5.95. The lowest BCUT2D eigenvalue weighted by atomic mass is 10.4. The molecule has 8 heteroatoms. The van der Waals surface area contributed by atoms with Crippen molar-refractivity contribution < 1.29 is 13.2 Å². The zero-order valence-corrected chi connectivity index (χ0v) is 14.5. The summed E-state index contributed by atoms with van der Waals surface area (Å²) in [5.41, 5.74) is 0. The van der Waals surface area contributed by atoms with Crippen LogP contribution in [0.4, 0.5) is 4.79 Å². The quantitative estimate of drug-likeness (QED) is 0.520. The van der Waals surface area contributed by atoms with Crippen LogP contribution in [0.3, 0.4) is 0 Å². The summed E-state index contributed by atoms with van der Waals surface area (Å²) in [4.78, 5) is 15.7. The van der Waals surface area contributed by atoms with Gasteiger partial charge in [0.25, 0.3) is 0 Å². The highest BCUT2D eigenvalue weighted by Gasteiger charge is 2.29. The Kier molecular flexibility index (Phi) is 7.76. The van der Waals surface area contributed by atoms with Gasteiger partial charge in [-0.05, 0) is 26.7 Å². The van der Waals surface area contributed by atoms with Crippen molar-refractivity contribution in [3.63, 3.8) is 0 Å². The number of hydrogen-bond acceptors (Lipinski definition) is 3. The van der Waals surface area contributed by atoms with Crippen molar-refractivity contribution in [2.45, 2.75) is 26.7 Å². The van der Waals surface area contributed by atoms with Crippen molar-refractivity contribution in [2.24, 2.45) is 0 Å². The molecule has 0 atom stereocenters. The molecule has 0 saturated carbocycles. The topological polar surface area (TPSA) is 60.9 Å². The summed E-state index contributed by atoms with van der Waals surface area (Å²) in [6.07, 6.45) is 1.30. The van der Waals surface area contributed by atoms with E-state index in [9.17, 15) is 13.2 Å². The lowest BCUT2D eigenvalue weighted by Gasteiger charge is -2.36. The smallest absolute Gasteiger partial charge is 0.320 e. The minimum Gasteiger partial charge on any atom is -0.325 e. The fraction of sp³-hybridized carbons (Fsp3) is 0.923. The Morgan fingerprint density at radius 2 is 1.67 bits per heavy atom. The molecule has 0 unspecified atom stereocenters. The number of halogens is 1. The molecule has 1 aliphatic rings. The van der Waals surface area contributed by atoms with E-state index in [4.69, 9.17) is 11.6 Å². The zero-order valence-electron chi connectivity index (χ0n) is 12.9. The lowest BCUT2D eigenvalue weighted by Crippen LogP contribution is -2.54. The van der Waals surface area contributed by atoms with Gasteiger partial charge < -0.3 is 9.80 Å². The predicted octanol–water partition coefficient (Wildman–Crippen LogP) is 1.41. The molecular formula is C13H26ClN3O3S. The van der Waals surface area contributed by atoms with Crippen LogP contribution < -0.4 is 0 Å². The normalized spacial score (nSPS) is 17.0. The van der Waals surface area contributed by atoms with Gasteiger partial charge in [-0.25, -0.2) is 13.2 Å². The van der Waals surface area contributed by atoms with Crippen LogP contribution in [0.15, 0.2) is 0 Å². The number of rotatable bonds is 7. The van der Waals surface area contributed by atoms with Crippen molar-refractivity contribution in [1.29, 1.82) is 0 Å². The minimum absolute atomic E-state index is 0.000752. The molecule has 1 heterocycles. The molecule has 124 valence electrons. The van der Waals surface area contributed by atoms with Crippen molar-refractivity contribution in [1.82, 2.24) is 14.1 Å². The number of hydrogen-bond donors (Lipinski definition) is 0. The maximum absolute atomic E-state index is 12.2. The molecule has 6 nitrogen and oxygen atoms in total. The third-order valence-electron chi connectivity index (χ3n) is 3.72. The number of sulfonamides is 1. The van der Waals surface area contributed by atoms with Crippen LogP contribution in [0.2, 0.25) is 0 Å². The monoisotopic (exact) mass is 339 g/mol. The molecule has 0 N–H and O–H groups in total. The first-order valence-electron chi connectivity index (χ1n) is 7.53. The van der Waals surface area contributed by atoms with Crippen LogP contribution in [0.1, 0.15) is 26.7 Å². The van der Waals surface area contributed by atoms with Gasteiger partial charge in [-0.1, -0.05) is 0 Å². The van der Waals surface area contributed by atoms with Crippen molar-refractivity contribution >= 4 is 27.7 Å². The van der Waals surface area contributed by atoms with Crippen LogP contribution in [0.25, 0.3) is 0 Å².